The average Bonchev–Trinajstić information content (AvgIpc) is 1.95. The average molecular weight is 225 g/mol. The molecule has 3 heteroatoms. The van der Waals surface area contributed by atoms with Gasteiger partial charge in [0.25, 0.3) is 0 Å². The summed E-state index contributed by atoms with van der Waals surface area (Å²) < 4.78 is 6.56. The minimum atomic E-state index is 0. The van der Waals surface area contributed by atoms with Crippen molar-refractivity contribution >= 4 is 25.4 Å². The van der Waals surface area contributed by atoms with Crippen molar-refractivity contribution in [2.45, 2.75) is 6.92 Å². The third-order valence-corrected chi connectivity index (χ3v) is 1.71. The fourth-order valence-corrected chi connectivity index (χ4v) is 0.988. The molecule has 1 aromatic rings. The molecule has 0 aliphatic rings. The molecule has 0 N–H and O–H groups in total. The summed E-state index contributed by atoms with van der Waals surface area (Å²) in [6, 6.07) is 8.10. The molecular weight excluding hydrogens is 216 g/mol. The Balaban J connectivity index is 0.000001000. The maximum atomic E-state index is 5.26. The smallest absolute Gasteiger partial charge is 1.00 e. The van der Waals surface area contributed by atoms with Crippen molar-refractivity contribution in [1.82, 2.24) is 0 Å². The fraction of sp³-hybridized carbons (Fsp3) is 0.250. The molecule has 0 radical (unpaired) electrons. The molecule has 0 amide bonds. The monoisotopic (exact) mass is 224 g/mol. The summed E-state index contributed by atoms with van der Waals surface area (Å²) >= 11 is 1.88. The van der Waals surface area contributed by atoms with Crippen molar-refractivity contribution in [2.24, 2.45) is 0 Å². The van der Waals surface area contributed by atoms with E-state index in [4.69, 9.17) is 4.74 Å². The predicted molar refractivity (Wildman–Crippen MR) is 43.0 cm³/mol. The zero-order valence-corrected chi connectivity index (χ0v) is 9.51. The number of ether oxygens (including phenoxy) is 1. The van der Waals surface area contributed by atoms with E-state index in [1.54, 1.807) is 0 Å². The Kier molecular flexibility index (Phi) is 6.00. The van der Waals surface area contributed by atoms with Gasteiger partial charge in [-0.3, -0.25) is 0 Å². The maximum Gasteiger partial charge on any atom is -1.00 e. The molecule has 0 spiro atoms. The van der Waals surface area contributed by atoms with Gasteiger partial charge in [0, 0.05) is 0 Å². The van der Waals surface area contributed by atoms with E-state index in [0.29, 0.717) is 0 Å². The van der Waals surface area contributed by atoms with E-state index < -0.39 is 0 Å². The first-order valence-corrected chi connectivity index (χ1v) is 4.08. The Labute approximate surface area is 90.3 Å². The van der Waals surface area contributed by atoms with Crippen LogP contribution in [0.3, 0.4) is 0 Å². The van der Waals surface area contributed by atoms with Crippen LogP contribution >= 0.6 is 0 Å². The molecule has 0 unspecified atom stereocenters. The molecule has 0 fully saturated rings. The number of halogens is 1. The van der Waals surface area contributed by atoms with Gasteiger partial charge >= 0.3 is 73.7 Å². The van der Waals surface area contributed by atoms with E-state index in [2.05, 4.69) is 12.1 Å². The molecule has 0 bridgehead atoms. The van der Waals surface area contributed by atoms with Gasteiger partial charge in [0.1, 0.15) is 0 Å². The van der Waals surface area contributed by atoms with E-state index in [0.717, 1.165) is 12.4 Å². The second kappa shape index (κ2) is 5.86. The maximum absolute atomic E-state index is 5.26. The Morgan fingerprint density at radius 3 is 2.27 bits per heavy atom. The number of rotatable bonds is 2. The van der Waals surface area contributed by atoms with Crippen molar-refractivity contribution in [1.29, 1.82) is 0 Å². The van der Waals surface area contributed by atoms with E-state index in [1.807, 2.05) is 40.8 Å². The Hall–Kier alpha value is 0.266. The first-order chi connectivity index (χ1) is 4.83. The molecule has 1 aromatic carbocycles. The summed E-state index contributed by atoms with van der Waals surface area (Å²) in [7, 11) is 0. The number of benzene rings is 1. The summed E-state index contributed by atoms with van der Waals surface area (Å²) in [6.07, 6.45) is 0. The molecule has 0 aromatic heterocycles. The van der Waals surface area contributed by atoms with Crippen molar-refractivity contribution in [3.05, 3.63) is 24.3 Å². The zero-order chi connectivity index (χ0) is 7.40. The normalized spacial score (nSPS) is 8.64. The minimum absolute atomic E-state index is 0. The van der Waals surface area contributed by atoms with Gasteiger partial charge in [-0.15, -0.1) is 0 Å². The third kappa shape index (κ3) is 3.99. The largest absolute Gasteiger partial charge is 1.00 e. The van der Waals surface area contributed by atoms with Crippen LogP contribution in [-0.4, -0.2) is 28.3 Å². The van der Waals surface area contributed by atoms with Crippen LogP contribution in [0.25, 0.3) is 0 Å². The van der Waals surface area contributed by atoms with Crippen molar-refractivity contribution in [3.63, 3.8) is 0 Å². The van der Waals surface area contributed by atoms with E-state index in [-0.39, 0.29) is 17.0 Å². The van der Waals surface area contributed by atoms with Crippen LogP contribution in [0.1, 0.15) is 6.92 Å². The van der Waals surface area contributed by atoms with Crippen LogP contribution in [-0.2, 0) is 0 Å². The Morgan fingerprint density at radius 2 is 1.82 bits per heavy atom. The van der Waals surface area contributed by atoms with Crippen LogP contribution in [0, 0.1) is 0 Å². The Morgan fingerprint density at radius 1 is 1.27 bits per heavy atom. The van der Waals surface area contributed by atoms with Crippen LogP contribution in [0.5, 0.6) is 5.75 Å². The molecule has 11 heavy (non-hydrogen) atoms. The molecule has 56 valence electrons. The van der Waals surface area contributed by atoms with Gasteiger partial charge < -0.3 is 17.0 Å². The molecule has 0 saturated carbocycles. The van der Waals surface area contributed by atoms with E-state index in [1.165, 1.54) is 3.69 Å². The van der Waals surface area contributed by atoms with Crippen molar-refractivity contribution in [3.8, 4) is 5.75 Å². The second-order valence-electron chi connectivity index (χ2n) is 2.08. The van der Waals surface area contributed by atoms with Gasteiger partial charge in [-0.2, -0.15) is 0 Å². The third-order valence-electron chi connectivity index (χ3n) is 1.23. The Bertz CT molecular complexity index is 198. The fourth-order valence-electron chi connectivity index (χ4n) is 0.752. The van der Waals surface area contributed by atoms with Crippen molar-refractivity contribution < 1.29 is 21.7 Å². The molecule has 0 aliphatic carbocycles. The van der Waals surface area contributed by atoms with Crippen LogP contribution in [0.2, 0.25) is 0 Å². The summed E-state index contributed by atoms with van der Waals surface area (Å²) in [6.45, 7) is 2.73. The SMILES string of the molecule is CCOc1cc[c]([Mg+])cc1.[Br-]. The number of hydrogen-bond acceptors (Lipinski definition) is 1. The van der Waals surface area contributed by atoms with Crippen LogP contribution < -0.4 is 25.4 Å². The quantitative estimate of drug-likeness (QED) is 0.523. The molecule has 0 aliphatic heterocycles. The van der Waals surface area contributed by atoms with Gasteiger partial charge in [-0.25, -0.2) is 0 Å². The molecule has 1 rings (SSSR count). The minimum Gasteiger partial charge on any atom is -1.00 e. The first kappa shape index (κ1) is 11.3. The van der Waals surface area contributed by atoms with Crippen LogP contribution in [0.15, 0.2) is 24.3 Å². The molecule has 0 atom stereocenters. The van der Waals surface area contributed by atoms with Gasteiger partial charge in [0.2, 0.25) is 0 Å². The summed E-state index contributed by atoms with van der Waals surface area (Å²) in [5.74, 6) is 0.956. The second-order valence-corrected chi connectivity index (χ2v) is 2.89. The van der Waals surface area contributed by atoms with E-state index >= 15 is 0 Å². The summed E-state index contributed by atoms with van der Waals surface area (Å²) in [4.78, 5) is 0. The number of hydrogen-bond donors (Lipinski definition) is 0. The van der Waals surface area contributed by atoms with Gasteiger partial charge in [-0.1, -0.05) is 0 Å². The summed E-state index contributed by atoms with van der Waals surface area (Å²) in [5, 5.41) is 0. The summed E-state index contributed by atoms with van der Waals surface area (Å²) in [5.41, 5.74) is 0. The molecule has 1 nitrogen and oxygen atoms in total. The molecule has 0 heterocycles. The zero-order valence-electron chi connectivity index (χ0n) is 6.51. The molecular formula is C8H9BrMgO. The van der Waals surface area contributed by atoms with Gasteiger partial charge in [0.15, 0.2) is 0 Å². The predicted octanol–water partition coefficient (Wildman–Crippen LogP) is -2.12. The van der Waals surface area contributed by atoms with Gasteiger partial charge in [0.05, 0.1) is 0 Å². The first-order valence-electron chi connectivity index (χ1n) is 3.37. The van der Waals surface area contributed by atoms with Gasteiger partial charge in [-0.05, 0) is 0 Å². The van der Waals surface area contributed by atoms with Crippen molar-refractivity contribution in [2.75, 3.05) is 6.61 Å². The van der Waals surface area contributed by atoms with Crippen LogP contribution in [0.4, 0.5) is 0 Å². The standard InChI is InChI=1S/C8H9O.BrH.Mg/c1-2-9-8-6-4-3-5-7-8;;/h4-7H,2H2,1H3;1H;/q;;+1/p-1. The van der Waals surface area contributed by atoms with E-state index in [9.17, 15) is 0 Å². The topological polar surface area (TPSA) is 9.23 Å². The molecule has 0 saturated heterocycles.